The Hall–Kier alpha value is -2.69. The molecule has 5 nitrogen and oxygen atoms in total. The number of anilines is 5. The van der Waals surface area contributed by atoms with E-state index in [4.69, 9.17) is 11.5 Å². The van der Waals surface area contributed by atoms with Crippen molar-refractivity contribution in [1.29, 1.82) is 0 Å². The second-order valence-corrected chi connectivity index (χ2v) is 6.26. The fourth-order valence-electron chi connectivity index (χ4n) is 1.84. The summed E-state index contributed by atoms with van der Waals surface area (Å²) in [6.07, 6.45) is 0. The monoisotopic (exact) mass is 298 g/mol. The Balaban J connectivity index is 2.16. The summed E-state index contributed by atoms with van der Waals surface area (Å²) in [5.74, 6) is -0.0309. The molecule has 0 bridgehead atoms. The van der Waals surface area contributed by atoms with Gasteiger partial charge in [-0.1, -0.05) is 26.8 Å². The molecule has 2 aromatic rings. The fraction of sp³-hybridized carbons (Fsp3) is 0.235. The predicted octanol–water partition coefficient (Wildman–Crippen LogP) is 3.58. The van der Waals surface area contributed by atoms with Crippen LogP contribution in [0.2, 0.25) is 0 Å². The van der Waals surface area contributed by atoms with Crippen molar-refractivity contribution in [2.24, 2.45) is 5.41 Å². The highest BCUT2D eigenvalue weighted by molar-refractivity contribution is 5.95. The Morgan fingerprint density at radius 1 is 1.00 bits per heavy atom. The first-order valence-electron chi connectivity index (χ1n) is 7.09. The average Bonchev–Trinajstić information content (AvgIpc) is 2.41. The largest absolute Gasteiger partial charge is 0.399 e. The molecule has 2 aromatic carbocycles. The van der Waals surface area contributed by atoms with Gasteiger partial charge in [0, 0.05) is 22.5 Å². The van der Waals surface area contributed by atoms with Gasteiger partial charge in [-0.15, -0.1) is 0 Å². The summed E-state index contributed by atoms with van der Waals surface area (Å²) in [5.41, 5.74) is 14.7. The Morgan fingerprint density at radius 3 is 2.32 bits per heavy atom. The van der Waals surface area contributed by atoms with Gasteiger partial charge in [0.1, 0.15) is 0 Å². The third-order valence-corrected chi connectivity index (χ3v) is 3.16. The van der Waals surface area contributed by atoms with E-state index in [9.17, 15) is 4.79 Å². The van der Waals surface area contributed by atoms with Crippen molar-refractivity contribution in [3.05, 3.63) is 42.5 Å². The maximum Gasteiger partial charge on any atom is 0.229 e. The smallest absolute Gasteiger partial charge is 0.229 e. The lowest BCUT2D eigenvalue weighted by Crippen LogP contribution is -2.27. The first-order valence-corrected chi connectivity index (χ1v) is 7.09. The number of amides is 1. The van der Waals surface area contributed by atoms with E-state index in [-0.39, 0.29) is 5.91 Å². The zero-order valence-electron chi connectivity index (χ0n) is 13.1. The quantitative estimate of drug-likeness (QED) is 0.652. The molecule has 2 rings (SSSR count). The van der Waals surface area contributed by atoms with E-state index in [1.54, 1.807) is 12.1 Å². The number of carbonyl (C=O) groups excluding carboxylic acids is 1. The highest BCUT2D eigenvalue weighted by Gasteiger charge is 2.21. The van der Waals surface area contributed by atoms with E-state index in [0.717, 1.165) is 17.1 Å². The zero-order chi connectivity index (χ0) is 16.3. The molecule has 0 aliphatic rings. The molecule has 0 spiro atoms. The fourth-order valence-corrected chi connectivity index (χ4v) is 1.84. The lowest BCUT2D eigenvalue weighted by Gasteiger charge is -2.18. The molecule has 116 valence electrons. The molecule has 1 amide bonds. The van der Waals surface area contributed by atoms with Crippen LogP contribution in [-0.4, -0.2) is 5.91 Å². The lowest BCUT2D eigenvalue weighted by molar-refractivity contribution is -0.123. The Bertz CT molecular complexity index is 689. The first kappa shape index (κ1) is 15.7. The summed E-state index contributed by atoms with van der Waals surface area (Å²) in [5, 5.41) is 6.12. The molecule has 0 unspecified atom stereocenters. The van der Waals surface area contributed by atoms with E-state index in [2.05, 4.69) is 10.6 Å². The maximum absolute atomic E-state index is 12.0. The van der Waals surface area contributed by atoms with Gasteiger partial charge >= 0.3 is 0 Å². The Kier molecular flexibility index (Phi) is 4.26. The number of hydrogen-bond acceptors (Lipinski definition) is 4. The standard InChI is InChI=1S/C17H22N4O/c1-17(2,3)16(22)21-13-6-4-5-12(10-13)20-15-8-7-11(18)9-14(15)19/h4-10,20H,18-19H2,1-3H3,(H,21,22). The van der Waals surface area contributed by atoms with E-state index in [0.29, 0.717) is 11.4 Å². The van der Waals surface area contributed by atoms with Gasteiger partial charge in [-0.2, -0.15) is 0 Å². The molecule has 0 saturated carbocycles. The molecule has 0 radical (unpaired) electrons. The summed E-state index contributed by atoms with van der Waals surface area (Å²) in [4.78, 5) is 12.0. The van der Waals surface area contributed by atoms with Gasteiger partial charge in [0.05, 0.1) is 11.4 Å². The molecule has 22 heavy (non-hydrogen) atoms. The van der Waals surface area contributed by atoms with Crippen LogP contribution >= 0.6 is 0 Å². The molecule has 0 aromatic heterocycles. The van der Waals surface area contributed by atoms with Gasteiger partial charge in [0.2, 0.25) is 5.91 Å². The van der Waals surface area contributed by atoms with Gasteiger partial charge in [0.15, 0.2) is 0 Å². The third-order valence-electron chi connectivity index (χ3n) is 3.16. The Labute approximate surface area is 130 Å². The average molecular weight is 298 g/mol. The van der Waals surface area contributed by atoms with Crippen LogP contribution in [-0.2, 0) is 4.79 Å². The Morgan fingerprint density at radius 2 is 1.68 bits per heavy atom. The van der Waals surface area contributed by atoms with Crippen molar-refractivity contribution >= 4 is 34.3 Å². The zero-order valence-corrected chi connectivity index (χ0v) is 13.1. The van der Waals surface area contributed by atoms with Gasteiger partial charge in [-0.05, 0) is 36.4 Å². The summed E-state index contributed by atoms with van der Waals surface area (Å²) in [6, 6.07) is 12.8. The number of rotatable bonds is 3. The summed E-state index contributed by atoms with van der Waals surface area (Å²) < 4.78 is 0. The number of benzene rings is 2. The molecule has 0 aliphatic carbocycles. The van der Waals surface area contributed by atoms with Gasteiger partial charge in [0.25, 0.3) is 0 Å². The van der Waals surface area contributed by atoms with E-state index in [1.807, 2.05) is 51.1 Å². The van der Waals surface area contributed by atoms with Crippen LogP contribution in [0.5, 0.6) is 0 Å². The van der Waals surface area contributed by atoms with Gasteiger partial charge in [-0.3, -0.25) is 4.79 Å². The lowest BCUT2D eigenvalue weighted by atomic mass is 9.95. The van der Waals surface area contributed by atoms with E-state index in [1.165, 1.54) is 0 Å². The summed E-state index contributed by atoms with van der Waals surface area (Å²) in [6.45, 7) is 5.62. The van der Waals surface area contributed by atoms with E-state index >= 15 is 0 Å². The van der Waals surface area contributed by atoms with Crippen molar-refractivity contribution < 1.29 is 4.79 Å². The molecular weight excluding hydrogens is 276 g/mol. The summed E-state index contributed by atoms with van der Waals surface area (Å²) >= 11 is 0. The van der Waals surface area contributed by atoms with Gasteiger partial charge in [-0.25, -0.2) is 0 Å². The number of nitrogens with one attached hydrogen (secondary N) is 2. The molecule has 0 fully saturated rings. The number of hydrogen-bond donors (Lipinski definition) is 4. The van der Waals surface area contributed by atoms with Crippen LogP contribution in [0, 0.1) is 5.41 Å². The number of nitrogen functional groups attached to an aromatic ring is 2. The van der Waals surface area contributed by atoms with Crippen molar-refractivity contribution in [3.8, 4) is 0 Å². The second kappa shape index (κ2) is 5.97. The van der Waals surface area contributed by atoms with Crippen LogP contribution in [0.3, 0.4) is 0 Å². The second-order valence-electron chi connectivity index (χ2n) is 6.26. The van der Waals surface area contributed by atoms with Crippen LogP contribution in [0.4, 0.5) is 28.4 Å². The summed E-state index contributed by atoms with van der Waals surface area (Å²) in [7, 11) is 0. The minimum absolute atomic E-state index is 0.0309. The van der Waals surface area contributed by atoms with Crippen molar-refractivity contribution in [2.75, 3.05) is 22.1 Å². The van der Waals surface area contributed by atoms with Crippen molar-refractivity contribution in [2.45, 2.75) is 20.8 Å². The third kappa shape index (κ3) is 3.91. The van der Waals surface area contributed by atoms with Crippen LogP contribution in [0.1, 0.15) is 20.8 Å². The molecular formula is C17H22N4O. The number of carbonyl (C=O) groups is 1. The maximum atomic E-state index is 12.0. The van der Waals surface area contributed by atoms with Crippen LogP contribution < -0.4 is 22.1 Å². The predicted molar refractivity (Wildman–Crippen MR) is 93.1 cm³/mol. The minimum atomic E-state index is -0.440. The first-order chi connectivity index (χ1) is 10.3. The highest BCUT2D eigenvalue weighted by Crippen LogP contribution is 2.27. The highest BCUT2D eigenvalue weighted by atomic mass is 16.2. The van der Waals surface area contributed by atoms with Crippen molar-refractivity contribution in [3.63, 3.8) is 0 Å². The van der Waals surface area contributed by atoms with Gasteiger partial charge < -0.3 is 22.1 Å². The van der Waals surface area contributed by atoms with Crippen LogP contribution in [0.25, 0.3) is 0 Å². The molecule has 0 aliphatic heterocycles. The normalized spacial score (nSPS) is 11.0. The SMILES string of the molecule is CC(C)(C)C(=O)Nc1cccc(Nc2ccc(N)cc2N)c1. The molecule has 0 heterocycles. The van der Waals surface area contributed by atoms with Crippen molar-refractivity contribution in [1.82, 2.24) is 0 Å². The topological polar surface area (TPSA) is 93.2 Å². The molecule has 6 N–H and O–H groups in total. The molecule has 0 saturated heterocycles. The minimum Gasteiger partial charge on any atom is -0.399 e. The van der Waals surface area contributed by atoms with E-state index < -0.39 is 5.41 Å². The molecule has 0 atom stereocenters. The molecule has 5 heteroatoms. The number of nitrogens with two attached hydrogens (primary N) is 2. The van der Waals surface area contributed by atoms with Crippen LogP contribution in [0.15, 0.2) is 42.5 Å².